The number of fused-ring (bicyclic) bond motifs is 2. The summed E-state index contributed by atoms with van der Waals surface area (Å²) < 4.78 is 28.1. The first-order valence-electron chi connectivity index (χ1n) is 13.7. The summed E-state index contributed by atoms with van der Waals surface area (Å²) in [6, 6.07) is 9.04. The third kappa shape index (κ3) is 4.67. The molecule has 2 aliphatic rings. The molecule has 1 saturated carbocycles. The first-order valence-corrected chi connectivity index (χ1v) is 13.7. The van der Waals surface area contributed by atoms with Crippen LogP contribution in [-0.4, -0.2) is 46.8 Å². The van der Waals surface area contributed by atoms with Gasteiger partial charge in [0.15, 0.2) is 0 Å². The topological polar surface area (TPSA) is 121 Å². The van der Waals surface area contributed by atoms with E-state index in [1.54, 1.807) is 33.1 Å². The Morgan fingerprint density at radius 2 is 2.00 bits per heavy atom. The van der Waals surface area contributed by atoms with Gasteiger partial charge in [-0.25, -0.2) is 9.37 Å². The van der Waals surface area contributed by atoms with Crippen molar-refractivity contribution in [2.75, 3.05) is 20.3 Å². The van der Waals surface area contributed by atoms with Gasteiger partial charge in [-0.05, 0) is 75.1 Å². The number of aromatic nitrogens is 3. The van der Waals surface area contributed by atoms with Crippen LogP contribution < -0.4 is 20.5 Å². The molecule has 0 unspecified atom stereocenters. The second-order valence-electron chi connectivity index (χ2n) is 11.2. The van der Waals surface area contributed by atoms with Crippen LogP contribution in [-0.2, 0) is 16.6 Å². The number of nitrogens with two attached hydrogens (primary N) is 1. The molecule has 1 fully saturated rings. The molecule has 4 aromatic rings. The molecule has 2 amide bonds. The Hall–Kier alpha value is -4.47. The zero-order valence-electron chi connectivity index (χ0n) is 23.5. The summed E-state index contributed by atoms with van der Waals surface area (Å²) in [5, 5.41) is 8.44. The second-order valence-corrected chi connectivity index (χ2v) is 11.2. The van der Waals surface area contributed by atoms with Gasteiger partial charge >= 0.3 is 0 Å². The van der Waals surface area contributed by atoms with Crippen LogP contribution in [0, 0.1) is 19.7 Å². The number of halogens is 1. The number of carbonyl (C=O) groups excluding carboxylic acids is 2. The van der Waals surface area contributed by atoms with Gasteiger partial charge in [-0.1, -0.05) is 0 Å². The molecule has 9 nitrogen and oxygen atoms in total. The SMILES string of the molecule is COc1cc(C(=O)NCCc2cc3c(c(-c4cc(C)cc(F)c4C)n2)OC[C@]3(C)C(N)=O)cc2cn(C3CC3)nc12. The quantitative estimate of drug-likeness (QED) is 0.333. The van der Waals surface area contributed by atoms with Crippen molar-refractivity contribution >= 4 is 22.7 Å². The van der Waals surface area contributed by atoms with Crippen LogP contribution in [0.1, 0.15) is 58.5 Å². The zero-order chi connectivity index (χ0) is 29.1. The van der Waals surface area contributed by atoms with Crippen molar-refractivity contribution in [3.05, 3.63) is 70.3 Å². The molecule has 3 heterocycles. The van der Waals surface area contributed by atoms with Crippen molar-refractivity contribution in [1.82, 2.24) is 20.1 Å². The number of aryl methyl sites for hydroxylation is 1. The van der Waals surface area contributed by atoms with Gasteiger partial charge in [0, 0.05) is 46.9 Å². The maximum absolute atomic E-state index is 14.7. The van der Waals surface area contributed by atoms with Gasteiger partial charge in [-0.3, -0.25) is 14.3 Å². The smallest absolute Gasteiger partial charge is 0.251 e. The molecule has 0 spiro atoms. The standard InChI is InChI=1S/C31H32FN5O4/c1-16-9-22(17(2)24(32)10-16)27-28-23(31(3,15-41-28)30(33)39)13-20(35-27)7-8-34-29(38)18-11-19-14-37(21-5-6-21)36-26(19)25(12-18)40-4/h9-14,21H,5-8,15H2,1-4H3,(H2,33,39)(H,34,38)/t31-/m0/s1. The van der Waals surface area contributed by atoms with Gasteiger partial charge in [0.25, 0.3) is 5.91 Å². The molecule has 0 bridgehead atoms. The lowest BCUT2D eigenvalue weighted by Gasteiger charge is -2.19. The molecule has 212 valence electrons. The van der Waals surface area contributed by atoms with Gasteiger partial charge < -0.3 is 20.5 Å². The maximum Gasteiger partial charge on any atom is 0.251 e. The Labute approximate surface area is 236 Å². The van der Waals surface area contributed by atoms with Crippen LogP contribution in [0.4, 0.5) is 4.39 Å². The number of nitrogens with zero attached hydrogens (tertiary/aromatic N) is 3. The van der Waals surface area contributed by atoms with Gasteiger partial charge in [0.05, 0.1) is 13.2 Å². The summed E-state index contributed by atoms with van der Waals surface area (Å²) in [6.45, 7) is 5.58. The average Bonchev–Trinajstić information content (AvgIpc) is 3.61. The third-order valence-corrected chi connectivity index (χ3v) is 8.07. The minimum Gasteiger partial charge on any atom is -0.494 e. The second kappa shape index (κ2) is 9.87. The molecular weight excluding hydrogens is 525 g/mol. The number of pyridine rings is 1. The van der Waals surface area contributed by atoms with Crippen LogP contribution in [0.2, 0.25) is 0 Å². The Kier molecular flexibility index (Phi) is 6.43. The van der Waals surface area contributed by atoms with E-state index in [4.69, 9.17) is 20.2 Å². The van der Waals surface area contributed by atoms with E-state index in [-0.39, 0.29) is 24.9 Å². The monoisotopic (exact) mass is 557 g/mol. The van der Waals surface area contributed by atoms with E-state index in [0.29, 0.717) is 57.6 Å². The molecule has 1 atom stereocenters. The Bertz CT molecular complexity index is 1730. The van der Waals surface area contributed by atoms with Crippen molar-refractivity contribution in [3.8, 4) is 22.8 Å². The highest BCUT2D eigenvalue weighted by atomic mass is 19.1. The number of hydrogen-bond donors (Lipinski definition) is 2. The number of rotatable bonds is 8. The molecule has 2 aromatic heterocycles. The molecule has 0 saturated heterocycles. The number of ether oxygens (including phenoxy) is 2. The van der Waals surface area contributed by atoms with Crippen molar-refractivity contribution in [1.29, 1.82) is 0 Å². The number of nitrogens with one attached hydrogen (secondary N) is 1. The fourth-order valence-electron chi connectivity index (χ4n) is 5.35. The molecular formula is C31H32FN5O4. The van der Waals surface area contributed by atoms with E-state index in [9.17, 15) is 14.0 Å². The molecule has 3 N–H and O–H groups in total. The highest BCUT2D eigenvalue weighted by Crippen LogP contribution is 2.45. The van der Waals surface area contributed by atoms with Crippen LogP contribution in [0.3, 0.4) is 0 Å². The van der Waals surface area contributed by atoms with E-state index in [0.717, 1.165) is 29.3 Å². The highest BCUT2D eigenvalue weighted by molar-refractivity contribution is 6.00. The highest BCUT2D eigenvalue weighted by Gasteiger charge is 2.44. The lowest BCUT2D eigenvalue weighted by Crippen LogP contribution is -2.39. The summed E-state index contributed by atoms with van der Waals surface area (Å²) in [5.41, 5.74) is 9.37. The molecule has 1 aliphatic heterocycles. The fraction of sp³-hybridized carbons (Fsp3) is 0.355. The summed E-state index contributed by atoms with van der Waals surface area (Å²) in [7, 11) is 1.56. The maximum atomic E-state index is 14.7. The van der Waals surface area contributed by atoms with Crippen molar-refractivity contribution in [2.24, 2.45) is 5.73 Å². The number of methoxy groups -OCH3 is 1. The van der Waals surface area contributed by atoms with E-state index in [1.807, 2.05) is 29.9 Å². The fourth-order valence-corrected chi connectivity index (χ4v) is 5.35. The van der Waals surface area contributed by atoms with Crippen molar-refractivity contribution < 1.29 is 23.5 Å². The molecule has 10 heteroatoms. The summed E-state index contributed by atoms with van der Waals surface area (Å²) >= 11 is 0. The third-order valence-electron chi connectivity index (χ3n) is 8.07. The Balaban J connectivity index is 1.28. The number of hydrogen-bond acceptors (Lipinski definition) is 6. The molecule has 0 radical (unpaired) electrons. The van der Waals surface area contributed by atoms with Crippen LogP contribution in [0.15, 0.2) is 36.5 Å². The van der Waals surface area contributed by atoms with E-state index >= 15 is 0 Å². The lowest BCUT2D eigenvalue weighted by molar-refractivity contribution is -0.123. The molecule has 2 aromatic carbocycles. The lowest BCUT2D eigenvalue weighted by atomic mass is 9.83. The zero-order valence-corrected chi connectivity index (χ0v) is 23.5. The summed E-state index contributed by atoms with van der Waals surface area (Å²) in [5.74, 6) is -0.149. The minimum atomic E-state index is -1.06. The van der Waals surface area contributed by atoms with E-state index in [2.05, 4.69) is 10.4 Å². The largest absolute Gasteiger partial charge is 0.494 e. The first-order chi connectivity index (χ1) is 19.6. The predicted octanol–water partition coefficient (Wildman–Crippen LogP) is 4.31. The van der Waals surface area contributed by atoms with Gasteiger partial charge in [-0.15, -0.1) is 0 Å². The summed E-state index contributed by atoms with van der Waals surface area (Å²) in [6.07, 6.45) is 4.53. The minimum absolute atomic E-state index is 0.0710. The first kappa shape index (κ1) is 26.7. The summed E-state index contributed by atoms with van der Waals surface area (Å²) in [4.78, 5) is 30.4. The van der Waals surface area contributed by atoms with Gasteiger partial charge in [-0.2, -0.15) is 5.10 Å². The van der Waals surface area contributed by atoms with Crippen LogP contribution >= 0.6 is 0 Å². The Morgan fingerprint density at radius 3 is 2.71 bits per heavy atom. The van der Waals surface area contributed by atoms with Crippen LogP contribution in [0.5, 0.6) is 11.5 Å². The predicted molar refractivity (Wildman–Crippen MR) is 152 cm³/mol. The number of carbonyl (C=O) groups is 2. The van der Waals surface area contributed by atoms with Crippen molar-refractivity contribution in [3.63, 3.8) is 0 Å². The van der Waals surface area contributed by atoms with Gasteiger partial charge in [0.2, 0.25) is 5.91 Å². The number of benzene rings is 2. The van der Waals surface area contributed by atoms with E-state index in [1.165, 1.54) is 6.07 Å². The molecule has 6 rings (SSSR count). The average molecular weight is 558 g/mol. The molecule has 1 aliphatic carbocycles. The normalized spacial score (nSPS) is 17.8. The van der Waals surface area contributed by atoms with Crippen molar-refractivity contribution in [2.45, 2.75) is 51.5 Å². The van der Waals surface area contributed by atoms with E-state index < -0.39 is 11.3 Å². The molecule has 41 heavy (non-hydrogen) atoms. The number of primary amides is 1. The van der Waals surface area contributed by atoms with Crippen LogP contribution in [0.25, 0.3) is 22.2 Å². The van der Waals surface area contributed by atoms with Gasteiger partial charge in [0.1, 0.15) is 40.5 Å². The number of amides is 2. The Morgan fingerprint density at radius 1 is 1.22 bits per heavy atom.